The van der Waals surface area contributed by atoms with E-state index in [4.69, 9.17) is 0 Å². The summed E-state index contributed by atoms with van der Waals surface area (Å²) in [5.74, 6) is 0. The van der Waals surface area contributed by atoms with Gasteiger partial charge in [0.15, 0.2) is 0 Å². The first-order chi connectivity index (χ1) is 8.17. The summed E-state index contributed by atoms with van der Waals surface area (Å²) >= 11 is 0. The summed E-state index contributed by atoms with van der Waals surface area (Å²) in [6.45, 7) is 16.4. The third kappa shape index (κ3) is 5.36. The van der Waals surface area contributed by atoms with Crippen LogP contribution in [0.4, 0.5) is 0 Å². The fraction of sp³-hybridized carbons (Fsp3) is 1.00. The molecule has 0 saturated carbocycles. The van der Waals surface area contributed by atoms with Crippen molar-refractivity contribution in [1.29, 1.82) is 0 Å². The zero-order valence-corrected chi connectivity index (χ0v) is 12.2. The molecule has 17 heavy (non-hydrogen) atoms. The van der Waals surface area contributed by atoms with Gasteiger partial charge in [0.05, 0.1) is 0 Å². The SMILES string of the molecule is CCCC(C)NCCN1CCN(CC)C(C)C1. The molecule has 0 amide bonds. The third-order valence-corrected chi connectivity index (χ3v) is 3.90. The molecule has 0 spiro atoms. The van der Waals surface area contributed by atoms with Crippen molar-refractivity contribution in [3.8, 4) is 0 Å². The van der Waals surface area contributed by atoms with Gasteiger partial charge in [0.2, 0.25) is 0 Å². The van der Waals surface area contributed by atoms with Crippen molar-refractivity contribution in [1.82, 2.24) is 15.1 Å². The minimum Gasteiger partial charge on any atom is -0.313 e. The van der Waals surface area contributed by atoms with Gasteiger partial charge in [0.1, 0.15) is 0 Å². The number of piperazine rings is 1. The van der Waals surface area contributed by atoms with Crippen LogP contribution < -0.4 is 5.32 Å². The molecule has 0 aromatic rings. The number of likely N-dealkylation sites (N-methyl/N-ethyl adjacent to an activating group) is 1. The van der Waals surface area contributed by atoms with E-state index >= 15 is 0 Å². The van der Waals surface area contributed by atoms with Gasteiger partial charge in [-0.15, -0.1) is 0 Å². The Hall–Kier alpha value is -0.120. The van der Waals surface area contributed by atoms with E-state index in [-0.39, 0.29) is 0 Å². The van der Waals surface area contributed by atoms with Crippen LogP contribution in [0.1, 0.15) is 40.5 Å². The molecule has 1 aliphatic rings. The van der Waals surface area contributed by atoms with Crippen LogP contribution in [0.2, 0.25) is 0 Å². The maximum atomic E-state index is 3.62. The van der Waals surface area contributed by atoms with Crippen LogP contribution in [-0.2, 0) is 0 Å². The first kappa shape index (κ1) is 14.9. The first-order valence-corrected chi connectivity index (χ1v) is 7.37. The largest absolute Gasteiger partial charge is 0.313 e. The van der Waals surface area contributed by atoms with Crippen molar-refractivity contribution in [2.75, 3.05) is 39.3 Å². The maximum absolute atomic E-state index is 3.62. The van der Waals surface area contributed by atoms with Gasteiger partial charge in [-0.3, -0.25) is 9.80 Å². The van der Waals surface area contributed by atoms with Crippen LogP contribution in [0.5, 0.6) is 0 Å². The van der Waals surface area contributed by atoms with E-state index in [1.54, 1.807) is 0 Å². The average molecular weight is 241 g/mol. The van der Waals surface area contributed by atoms with E-state index in [1.165, 1.54) is 45.6 Å². The first-order valence-electron chi connectivity index (χ1n) is 7.37. The lowest BCUT2D eigenvalue weighted by atomic mass is 10.2. The van der Waals surface area contributed by atoms with Gasteiger partial charge in [0.25, 0.3) is 0 Å². The van der Waals surface area contributed by atoms with Crippen molar-refractivity contribution in [3.05, 3.63) is 0 Å². The van der Waals surface area contributed by atoms with Crippen molar-refractivity contribution < 1.29 is 0 Å². The highest BCUT2D eigenvalue weighted by atomic mass is 15.3. The molecule has 1 saturated heterocycles. The molecule has 1 N–H and O–H groups in total. The van der Waals surface area contributed by atoms with Gasteiger partial charge in [-0.2, -0.15) is 0 Å². The summed E-state index contributed by atoms with van der Waals surface area (Å²) < 4.78 is 0. The van der Waals surface area contributed by atoms with E-state index in [0.29, 0.717) is 6.04 Å². The van der Waals surface area contributed by atoms with Crippen LogP contribution >= 0.6 is 0 Å². The molecular weight excluding hydrogens is 210 g/mol. The predicted molar refractivity (Wildman–Crippen MR) is 75.5 cm³/mol. The van der Waals surface area contributed by atoms with Crippen LogP contribution in [0.25, 0.3) is 0 Å². The quantitative estimate of drug-likeness (QED) is 0.733. The molecule has 3 nitrogen and oxygen atoms in total. The molecule has 0 aliphatic carbocycles. The van der Waals surface area contributed by atoms with Gasteiger partial charge < -0.3 is 5.32 Å². The Morgan fingerprint density at radius 2 is 2.06 bits per heavy atom. The summed E-state index contributed by atoms with van der Waals surface area (Å²) in [6.07, 6.45) is 2.57. The van der Waals surface area contributed by atoms with E-state index in [0.717, 1.165) is 12.6 Å². The lowest BCUT2D eigenvalue weighted by molar-refractivity contribution is 0.0882. The predicted octanol–water partition coefficient (Wildman–Crippen LogP) is 1.79. The lowest BCUT2D eigenvalue weighted by Crippen LogP contribution is -2.53. The second-order valence-corrected chi connectivity index (χ2v) is 5.42. The zero-order chi connectivity index (χ0) is 12.7. The molecule has 0 aromatic carbocycles. The molecular formula is C14H31N3. The second-order valence-electron chi connectivity index (χ2n) is 5.42. The fourth-order valence-electron chi connectivity index (χ4n) is 2.75. The number of nitrogens with zero attached hydrogens (tertiary/aromatic N) is 2. The average Bonchev–Trinajstić information content (AvgIpc) is 2.29. The van der Waals surface area contributed by atoms with Gasteiger partial charge in [-0.1, -0.05) is 20.3 Å². The third-order valence-electron chi connectivity index (χ3n) is 3.90. The van der Waals surface area contributed by atoms with Crippen LogP contribution in [-0.4, -0.2) is 61.2 Å². The molecule has 0 radical (unpaired) electrons. The van der Waals surface area contributed by atoms with Crippen molar-refractivity contribution in [2.24, 2.45) is 0 Å². The van der Waals surface area contributed by atoms with E-state index in [2.05, 4.69) is 42.8 Å². The topological polar surface area (TPSA) is 18.5 Å². The van der Waals surface area contributed by atoms with E-state index in [1.807, 2.05) is 0 Å². The van der Waals surface area contributed by atoms with Gasteiger partial charge in [0, 0.05) is 44.8 Å². The fourth-order valence-corrected chi connectivity index (χ4v) is 2.75. The lowest BCUT2D eigenvalue weighted by Gasteiger charge is -2.39. The Morgan fingerprint density at radius 1 is 1.29 bits per heavy atom. The Kier molecular flexibility index (Phi) is 7.09. The van der Waals surface area contributed by atoms with Crippen LogP contribution in [0.15, 0.2) is 0 Å². The smallest absolute Gasteiger partial charge is 0.0195 e. The normalized spacial score (nSPS) is 25.1. The number of hydrogen-bond acceptors (Lipinski definition) is 3. The highest BCUT2D eigenvalue weighted by molar-refractivity contribution is 4.78. The summed E-state index contributed by atoms with van der Waals surface area (Å²) in [6, 6.07) is 1.40. The van der Waals surface area contributed by atoms with E-state index < -0.39 is 0 Å². The van der Waals surface area contributed by atoms with Gasteiger partial charge >= 0.3 is 0 Å². The molecule has 1 rings (SSSR count). The molecule has 0 bridgehead atoms. The van der Waals surface area contributed by atoms with Crippen molar-refractivity contribution in [3.63, 3.8) is 0 Å². The summed E-state index contributed by atoms with van der Waals surface area (Å²) in [5, 5.41) is 3.62. The standard InChI is InChI=1S/C14H31N3/c1-5-7-13(3)15-8-9-16-10-11-17(6-2)14(4)12-16/h13-15H,5-12H2,1-4H3. The summed E-state index contributed by atoms with van der Waals surface area (Å²) in [5.41, 5.74) is 0. The summed E-state index contributed by atoms with van der Waals surface area (Å²) in [7, 11) is 0. The highest BCUT2D eigenvalue weighted by Crippen LogP contribution is 2.08. The van der Waals surface area contributed by atoms with Crippen LogP contribution in [0.3, 0.4) is 0 Å². The molecule has 1 aliphatic heterocycles. The molecule has 2 atom stereocenters. The van der Waals surface area contributed by atoms with E-state index in [9.17, 15) is 0 Å². The Balaban J connectivity index is 2.12. The van der Waals surface area contributed by atoms with Crippen LogP contribution in [0, 0.1) is 0 Å². The molecule has 3 heteroatoms. The molecule has 2 unspecified atom stereocenters. The zero-order valence-electron chi connectivity index (χ0n) is 12.2. The minimum absolute atomic E-state index is 0.675. The Labute approximate surface area is 108 Å². The van der Waals surface area contributed by atoms with Crippen molar-refractivity contribution >= 4 is 0 Å². The number of rotatable bonds is 7. The molecule has 1 fully saturated rings. The number of hydrogen-bond donors (Lipinski definition) is 1. The molecule has 102 valence electrons. The van der Waals surface area contributed by atoms with Gasteiger partial charge in [-0.05, 0) is 26.8 Å². The highest BCUT2D eigenvalue weighted by Gasteiger charge is 2.21. The number of nitrogens with one attached hydrogen (secondary N) is 1. The molecule has 0 aromatic heterocycles. The van der Waals surface area contributed by atoms with Gasteiger partial charge in [-0.25, -0.2) is 0 Å². The Morgan fingerprint density at radius 3 is 2.65 bits per heavy atom. The molecule has 1 heterocycles. The monoisotopic (exact) mass is 241 g/mol. The maximum Gasteiger partial charge on any atom is 0.0195 e. The Bertz CT molecular complexity index is 196. The minimum atomic E-state index is 0.675. The second kappa shape index (κ2) is 8.06. The van der Waals surface area contributed by atoms with Crippen molar-refractivity contribution in [2.45, 2.75) is 52.6 Å². The summed E-state index contributed by atoms with van der Waals surface area (Å²) in [4.78, 5) is 5.17.